The molecule has 5 heteroatoms. The summed E-state index contributed by atoms with van der Waals surface area (Å²) < 4.78 is 0. The number of nitrogens with zero attached hydrogens (tertiary/aromatic N) is 2. The lowest BCUT2D eigenvalue weighted by Gasteiger charge is -2.33. The number of likely N-dealkylation sites (tertiary alicyclic amines) is 1. The Morgan fingerprint density at radius 3 is 2.65 bits per heavy atom. The Labute approximate surface area is 186 Å². The minimum atomic E-state index is 0.493. The molecule has 0 bridgehead atoms. The molecule has 3 aromatic rings. The van der Waals surface area contributed by atoms with E-state index in [0.717, 1.165) is 57.8 Å². The molecule has 3 N–H and O–H groups in total. The van der Waals surface area contributed by atoms with Gasteiger partial charge in [0.15, 0.2) is 5.96 Å². The summed E-state index contributed by atoms with van der Waals surface area (Å²) >= 11 is 0. The minimum absolute atomic E-state index is 0.493. The summed E-state index contributed by atoms with van der Waals surface area (Å²) in [6.45, 7) is 6.44. The summed E-state index contributed by atoms with van der Waals surface area (Å²) in [5.41, 5.74) is 5.44. The summed E-state index contributed by atoms with van der Waals surface area (Å²) in [5, 5.41) is 8.47. The van der Waals surface area contributed by atoms with Gasteiger partial charge in [0.1, 0.15) is 0 Å². The molecule has 1 aliphatic rings. The zero-order valence-electron chi connectivity index (χ0n) is 18.8. The maximum atomic E-state index is 4.44. The number of H-pyrrole nitrogens is 1. The average Bonchev–Trinajstić information content (AvgIpc) is 3.21. The van der Waals surface area contributed by atoms with Crippen LogP contribution in [0.3, 0.4) is 0 Å². The van der Waals surface area contributed by atoms with Crippen molar-refractivity contribution in [2.45, 2.75) is 45.2 Å². The molecule has 0 amide bonds. The normalized spacial score (nSPS) is 16.0. The van der Waals surface area contributed by atoms with Crippen LogP contribution in [0.2, 0.25) is 0 Å². The molecule has 2 heterocycles. The first-order chi connectivity index (χ1) is 15.2. The number of piperidine rings is 1. The van der Waals surface area contributed by atoms with Crippen molar-refractivity contribution in [3.63, 3.8) is 0 Å². The van der Waals surface area contributed by atoms with Crippen molar-refractivity contribution in [2.75, 3.05) is 26.7 Å². The van der Waals surface area contributed by atoms with Crippen LogP contribution in [0.25, 0.3) is 10.9 Å². The maximum Gasteiger partial charge on any atom is 0.191 e. The van der Waals surface area contributed by atoms with Gasteiger partial charge in [-0.15, -0.1) is 0 Å². The number of benzene rings is 2. The van der Waals surface area contributed by atoms with Gasteiger partial charge in [-0.3, -0.25) is 9.89 Å². The quantitative estimate of drug-likeness (QED) is 0.306. The first kappa shape index (κ1) is 21.4. The Bertz CT molecular complexity index is 998. The van der Waals surface area contributed by atoms with Gasteiger partial charge in [-0.2, -0.15) is 0 Å². The standard InChI is InChI=1S/C26H35N5/c1-20-8-3-4-9-22(20)19-31-16-13-23(14-17-31)30-26(27-2)28-15-7-10-21-18-29-25-12-6-5-11-24(21)25/h3-6,8-9,11-12,18,23,29H,7,10,13-17,19H2,1-2H3,(H2,27,28,30). The molecule has 0 aliphatic carbocycles. The van der Waals surface area contributed by atoms with Gasteiger partial charge < -0.3 is 15.6 Å². The molecule has 164 valence electrons. The second kappa shape index (κ2) is 10.5. The number of aryl methyl sites for hydroxylation is 2. The van der Waals surface area contributed by atoms with E-state index in [4.69, 9.17) is 0 Å². The highest BCUT2D eigenvalue weighted by Gasteiger charge is 2.20. The van der Waals surface area contributed by atoms with E-state index in [-0.39, 0.29) is 0 Å². The Morgan fingerprint density at radius 2 is 1.84 bits per heavy atom. The fourth-order valence-electron chi connectivity index (χ4n) is 4.48. The van der Waals surface area contributed by atoms with E-state index in [9.17, 15) is 0 Å². The van der Waals surface area contributed by atoms with E-state index in [2.05, 4.69) is 87.2 Å². The predicted octanol–water partition coefficient (Wildman–Crippen LogP) is 4.24. The zero-order chi connectivity index (χ0) is 21.5. The topological polar surface area (TPSA) is 55.5 Å². The molecule has 2 aromatic carbocycles. The number of para-hydroxylation sites is 1. The van der Waals surface area contributed by atoms with E-state index >= 15 is 0 Å². The van der Waals surface area contributed by atoms with Gasteiger partial charge in [0.25, 0.3) is 0 Å². The van der Waals surface area contributed by atoms with Gasteiger partial charge in [0.05, 0.1) is 0 Å². The van der Waals surface area contributed by atoms with Crippen molar-refractivity contribution < 1.29 is 0 Å². The SMILES string of the molecule is CN=C(NCCCc1c[nH]c2ccccc12)NC1CCN(Cc2ccccc2C)CC1. The predicted molar refractivity (Wildman–Crippen MR) is 131 cm³/mol. The van der Waals surface area contributed by atoms with Crippen molar-refractivity contribution in [2.24, 2.45) is 4.99 Å². The number of hydrogen-bond donors (Lipinski definition) is 3. The average molecular weight is 418 g/mol. The van der Waals surface area contributed by atoms with Crippen LogP contribution in [0.1, 0.15) is 36.0 Å². The van der Waals surface area contributed by atoms with Crippen molar-refractivity contribution in [1.82, 2.24) is 20.5 Å². The largest absolute Gasteiger partial charge is 0.361 e. The lowest BCUT2D eigenvalue weighted by Crippen LogP contribution is -2.48. The third-order valence-corrected chi connectivity index (χ3v) is 6.40. The summed E-state index contributed by atoms with van der Waals surface area (Å²) in [5.74, 6) is 0.927. The van der Waals surface area contributed by atoms with Crippen LogP contribution in [0.15, 0.2) is 59.7 Å². The van der Waals surface area contributed by atoms with Crippen LogP contribution < -0.4 is 10.6 Å². The maximum absolute atomic E-state index is 4.44. The van der Waals surface area contributed by atoms with Gasteiger partial charge in [-0.25, -0.2) is 0 Å². The summed E-state index contributed by atoms with van der Waals surface area (Å²) in [7, 11) is 1.86. The Kier molecular flexibility index (Phi) is 7.26. The second-order valence-electron chi connectivity index (χ2n) is 8.58. The molecule has 0 unspecified atom stereocenters. The van der Waals surface area contributed by atoms with E-state index in [1.165, 1.54) is 27.6 Å². The lowest BCUT2D eigenvalue weighted by molar-refractivity contribution is 0.198. The third-order valence-electron chi connectivity index (χ3n) is 6.40. The van der Waals surface area contributed by atoms with Gasteiger partial charge in [0.2, 0.25) is 0 Å². The molecule has 0 saturated carbocycles. The van der Waals surface area contributed by atoms with E-state index < -0.39 is 0 Å². The Hall–Kier alpha value is -2.79. The molecule has 0 spiro atoms. The number of guanidine groups is 1. The highest BCUT2D eigenvalue weighted by molar-refractivity contribution is 5.83. The summed E-state index contributed by atoms with van der Waals surface area (Å²) in [6.07, 6.45) is 6.59. The molecule has 4 rings (SSSR count). The highest BCUT2D eigenvalue weighted by atomic mass is 15.2. The molecule has 31 heavy (non-hydrogen) atoms. The summed E-state index contributed by atoms with van der Waals surface area (Å²) in [6, 6.07) is 17.7. The van der Waals surface area contributed by atoms with E-state index in [0.29, 0.717) is 6.04 Å². The number of aromatic nitrogens is 1. The van der Waals surface area contributed by atoms with Crippen molar-refractivity contribution in [3.05, 3.63) is 71.4 Å². The monoisotopic (exact) mass is 417 g/mol. The molecule has 1 fully saturated rings. The molecule has 5 nitrogen and oxygen atoms in total. The molecular weight excluding hydrogens is 382 g/mol. The van der Waals surface area contributed by atoms with Crippen LogP contribution in [0, 0.1) is 6.92 Å². The number of rotatable bonds is 7. The van der Waals surface area contributed by atoms with E-state index in [1.807, 2.05) is 7.05 Å². The van der Waals surface area contributed by atoms with Gasteiger partial charge in [0, 0.05) is 56.4 Å². The molecule has 0 radical (unpaired) electrons. The first-order valence-electron chi connectivity index (χ1n) is 11.5. The van der Waals surface area contributed by atoms with Crippen LogP contribution >= 0.6 is 0 Å². The van der Waals surface area contributed by atoms with Crippen LogP contribution in [-0.4, -0.2) is 48.6 Å². The van der Waals surface area contributed by atoms with Crippen LogP contribution in [0.5, 0.6) is 0 Å². The fraction of sp³-hybridized carbons (Fsp3) is 0.423. The molecule has 1 aromatic heterocycles. The third kappa shape index (κ3) is 5.67. The van der Waals surface area contributed by atoms with Crippen LogP contribution in [-0.2, 0) is 13.0 Å². The number of nitrogens with one attached hydrogen (secondary N) is 3. The van der Waals surface area contributed by atoms with Gasteiger partial charge in [-0.05, 0) is 55.4 Å². The molecule has 0 atom stereocenters. The number of fused-ring (bicyclic) bond motifs is 1. The van der Waals surface area contributed by atoms with Crippen LogP contribution in [0.4, 0.5) is 0 Å². The van der Waals surface area contributed by atoms with Crippen molar-refractivity contribution >= 4 is 16.9 Å². The number of hydrogen-bond acceptors (Lipinski definition) is 2. The lowest BCUT2D eigenvalue weighted by atomic mass is 10.0. The van der Waals surface area contributed by atoms with Gasteiger partial charge >= 0.3 is 0 Å². The van der Waals surface area contributed by atoms with Crippen molar-refractivity contribution in [3.8, 4) is 0 Å². The summed E-state index contributed by atoms with van der Waals surface area (Å²) in [4.78, 5) is 10.4. The molecule has 1 aliphatic heterocycles. The van der Waals surface area contributed by atoms with E-state index in [1.54, 1.807) is 0 Å². The number of aliphatic imine (C=N–C) groups is 1. The molecular formula is C26H35N5. The molecule has 1 saturated heterocycles. The Balaban J connectivity index is 1.17. The zero-order valence-corrected chi connectivity index (χ0v) is 18.8. The van der Waals surface area contributed by atoms with Crippen molar-refractivity contribution in [1.29, 1.82) is 0 Å². The Morgan fingerprint density at radius 1 is 1.06 bits per heavy atom. The minimum Gasteiger partial charge on any atom is -0.361 e. The second-order valence-corrected chi connectivity index (χ2v) is 8.58. The smallest absolute Gasteiger partial charge is 0.191 e. The number of aromatic amines is 1. The first-order valence-corrected chi connectivity index (χ1v) is 11.5. The highest BCUT2D eigenvalue weighted by Crippen LogP contribution is 2.19. The fourth-order valence-corrected chi connectivity index (χ4v) is 4.48. The van der Waals surface area contributed by atoms with Gasteiger partial charge in [-0.1, -0.05) is 42.5 Å².